The fourth-order valence-corrected chi connectivity index (χ4v) is 1.19. The summed E-state index contributed by atoms with van der Waals surface area (Å²) in [5, 5.41) is 0. The summed E-state index contributed by atoms with van der Waals surface area (Å²) in [4.78, 5) is 7.99. The number of hydrogen-bond donors (Lipinski definition) is 1. The molecule has 17 heavy (non-hydrogen) atoms. The fourth-order valence-electron chi connectivity index (χ4n) is 1.19. The number of nitrogens with zero attached hydrogens (tertiary/aromatic N) is 2. The number of nitrogen functional groups attached to an aromatic ring is 1. The first-order valence-electron chi connectivity index (χ1n) is 5.90. The summed E-state index contributed by atoms with van der Waals surface area (Å²) in [5.74, 6) is 1.37. The lowest BCUT2D eigenvalue weighted by Crippen LogP contribution is -2.11. The van der Waals surface area contributed by atoms with Gasteiger partial charge in [0.1, 0.15) is 6.33 Å². The highest BCUT2D eigenvalue weighted by atomic mass is 16.5. The van der Waals surface area contributed by atoms with Crippen LogP contribution >= 0.6 is 0 Å². The second kappa shape index (κ2) is 6.27. The van der Waals surface area contributed by atoms with Gasteiger partial charge in [-0.3, -0.25) is 0 Å². The van der Waals surface area contributed by atoms with Crippen molar-refractivity contribution < 1.29 is 9.47 Å². The van der Waals surface area contributed by atoms with E-state index < -0.39 is 0 Å². The van der Waals surface area contributed by atoms with Crippen LogP contribution in [0.2, 0.25) is 0 Å². The number of rotatable bonds is 6. The lowest BCUT2D eigenvalue weighted by molar-refractivity contribution is 0.229. The molecule has 0 saturated heterocycles. The van der Waals surface area contributed by atoms with Crippen molar-refractivity contribution in [3.63, 3.8) is 0 Å². The first-order chi connectivity index (χ1) is 8.00. The molecule has 0 bridgehead atoms. The molecule has 0 saturated carbocycles. The van der Waals surface area contributed by atoms with Crippen LogP contribution in [0.3, 0.4) is 0 Å². The molecule has 2 N–H and O–H groups in total. The summed E-state index contributed by atoms with van der Waals surface area (Å²) < 4.78 is 11.0. The predicted molar refractivity (Wildman–Crippen MR) is 67.2 cm³/mol. The van der Waals surface area contributed by atoms with Crippen molar-refractivity contribution >= 4 is 5.69 Å². The zero-order valence-electron chi connectivity index (χ0n) is 10.9. The van der Waals surface area contributed by atoms with Gasteiger partial charge >= 0.3 is 0 Å². The maximum Gasteiger partial charge on any atom is 0.244 e. The van der Waals surface area contributed by atoms with Crippen LogP contribution in [0, 0.1) is 5.92 Å². The van der Waals surface area contributed by atoms with E-state index in [1.165, 1.54) is 6.33 Å². The maximum absolute atomic E-state index is 5.87. The first kappa shape index (κ1) is 13.5. The highest BCUT2D eigenvalue weighted by Gasteiger charge is 2.11. The maximum atomic E-state index is 5.87. The van der Waals surface area contributed by atoms with Gasteiger partial charge in [0.15, 0.2) is 5.69 Å². The SMILES string of the molecule is CC(C)CCOc1ncnc(OC(C)C)c1N. The zero-order chi connectivity index (χ0) is 12.8. The summed E-state index contributed by atoms with van der Waals surface area (Å²) in [6.45, 7) is 8.71. The number of anilines is 1. The number of ether oxygens (including phenoxy) is 2. The molecule has 1 heterocycles. The minimum atomic E-state index is 0.0238. The molecule has 0 aliphatic rings. The van der Waals surface area contributed by atoms with E-state index in [1.807, 2.05) is 13.8 Å². The van der Waals surface area contributed by atoms with E-state index in [0.717, 1.165) is 6.42 Å². The topological polar surface area (TPSA) is 70.3 Å². The third-order valence-corrected chi connectivity index (χ3v) is 2.09. The summed E-state index contributed by atoms with van der Waals surface area (Å²) in [6, 6.07) is 0. The molecule has 96 valence electrons. The van der Waals surface area contributed by atoms with Crippen LogP contribution in [-0.4, -0.2) is 22.7 Å². The van der Waals surface area contributed by atoms with Crippen LogP contribution in [0.5, 0.6) is 11.8 Å². The van der Waals surface area contributed by atoms with E-state index in [4.69, 9.17) is 15.2 Å². The molecule has 0 aliphatic heterocycles. The highest BCUT2D eigenvalue weighted by molar-refractivity contribution is 5.55. The summed E-state index contributed by atoms with van der Waals surface area (Å²) in [6.07, 6.45) is 2.39. The first-order valence-corrected chi connectivity index (χ1v) is 5.90. The molecule has 0 spiro atoms. The number of aromatic nitrogens is 2. The fraction of sp³-hybridized carbons (Fsp3) is 0.667. The smallest absolute Gasteiger partial charge is 0.244 e. The summed E-state index contributed by atoms with van der Waals surface area (Å²) in [7, 11) is 0. The van der Waals surface area contributed by atoms with E-state index in [-0.39, 0.29) is 6.10 Å². The second-order valence-electron chi connectivity index (χ2n) is 4.60. The minimum Gasteiger partial charge on any atom is -0.476 e. The van der Waals surface area contributed by atoms with Crippen LogP contribution < -0.4 is 15.2 Å². The monoisotopic (exact) mass is 239 g/mol. The van der Waals surface area contributed by atoms with Gasteiger partial charge in [-0.05, 0) is 26.2 Å². The van der Waals surface area contributed by atoms with Gasteiger partial charge in [0.05, 0.1) is 12.7 Å². The van der Waals surface area contributed by atoms with Crippen LogP contribution in [0.25, 0.3) is 0 Å². The number of nitrogens with two attached hydrogens (primary N) is 1. The Hall–Kier alpha value is -1.52. The van der Waals surface area contributed by atoms with E-state index in [1.54, 1.807) is 0 Å². The van der Waals surface area contributed by atoms with Crippen molar-refractivity contribution in [1.82, 2.24) is 9.97 Å². The Balaban J connectivity index is 2.66. The van der Waals surface area contributed by atoms with Gasteiger partial charge in [0, 0.05) is 0 Å². The molecule has 5 heteroatoms. The van der Waals surface area contributed by atoms with Crippen LogP contribution in [0.15, 0.2) is 6.33 Å². The molecule has 1 aromatic rings. The highest BCUT2D eigenvalue weighted by Crippen LogP contribution is 2.27. The molecule has 0 aliphatic carbocycles. The van der Waals surface area contributed by atoms with E-state index in [9.17, 15) is 0 Å². The summed E-state index contributed by atoms with van der Waals surface area (Å²) >= 11 is 0. The van der Waals surface area contributed by atoms with Gasteiger partial charge in [-0.15, -0.1) is 0 Å². The lowest BCUT2D eigenvalue weighted by atomic mass is 10.1. The van der Waals surface area contributed by atoms with Crippen LogP contribution in [0.4, 0.5) is 5.69 Å². The Morgan fingerprint density at radius 1 is 1.18 bits per heavy atom. The quantitative estimate of drug-likeness (QED) is 0.824. The van der Waals surface area contributed by atoms with Crippen LogP contribution in [-0.2, 0) is 0 Å². The molecule has 1 aromatic heterocycles. The van der Waals surface area contributed by atoms with Crippen LogP contribution in [0.1, 0.15) is 34.1 Å². The third kappa shape index (κ3) is 4.46. The summed E-state index contributed by atoms with van der Waals surface area (Å²) in [5.41, 5.74) is 6.24. The normalized spacial score (nSPS) is 10.9. The molecule has 0 aromatic carbocycles. The second-order valence-corrected chi connectivity index (χ2v) is 4.60. The standard InChI is InChI=1S/C12H21N3O2/c1-8(2)5-6-16-11-10(13)12(15-7-14-11)17-9(3)4/h7-9H,5-6,13H2,1-4H3. The van der Waals surface area contributed by atoms with Crippen molar-refractivity contribution in [2.75, 3.05) is 12.3 Å². The Bertz CT molecular complexity index is 354. The molecule has 0 atom stereocenters. The molecule has 0 unspecified atom stereocenters. The Labute approximate surface area is 102 Å². The van der Waals surface area contributed by atoms with E-state index >= 15 is 0 Å². The van der Waals surface area contributed by atoms with Gasteiger partial charge < -0.3 is 15.2 Å². The van der Waals surface area contributed by atoms with Gasteiger partial charge in [-0.1, -0.05) is 13.8 Å². The average molecular weight is 239 g/mol. The average Bonchev–Trinajstić information content (AvgIpc) is 2.22. The molecular formula is C12H21N3O2. The largest absolute Gasteiger partial charge is 0.476 e. The Morgan fingerprint density at radius 3 is 2.41 bits per heavy atom. The van der Waals surface area contributed by atoms with Gasteiger partial charge in [0.2, 0.25) is 11.8 Å². The molecular weight excluding hydrogens is 218 g/mol. The van der Waals surface area contributed by atoms with E-state index in [0.29, 0.717) is 30.0 Å². The molecule has 0 radical (unpaired) electrons. The Kier molecular flexibility index (Phi) is 5.00. The van der Waals surface area contributed by atoms with Crippen molar-refractivity contribution in [3.05, 3.63) is 6.33 Å². The Morgan fingerprint density at radius 2 is 1.82 bits per heavy atom. The molecule has 0 amide bonds. The molecule has 1 rings (SSSR count). The van der Waals surface area contributed by atoms with Crippen molar-refractivity contribution in [3.8, 4) is 11.8 Å². The lowest BCUT2D eigenvalue weighted by Gasteiger charge is -2.13. The van der Waals surface area contributed by atoms with Crippen molar-refractivity contribution in [2.24, 2.45) is 5.92 Å². The van der Waals surface area contributed by atoms with Gasteiger partial charge in [0.25, 0.3) is 0 Å². The number of hydrogen-bond acceptors (Lipinski definition) is 5. The molecule has 5 nitrogen and oxygen atoms in total. The van der Waals surface area contributed by atoms with Crippen molar-refractivity contribution in [1.29, 1.82) is 0 Å². The zero-order valence-corrected chi connectivity index (χ0v) is 10.9. The van der Waals surface area contributed by atoms with Crippen molar-refractivity contribution in [2.45, 2.75) is 40.2 Å². The third-order valence-electron chi connectivity index (χ3n) is 2.09. The van der Waals surface area contributed by atoms with E-state index in [2.05, 4.69) is 23.8 Å². The van der Waals surface area contributed by atoms with Gasteiger partial charge in [-0.25, -0.2) is 0 Å². The minimum absolute atomic E-state index is 0.0238. The molecule has 0 fully saturated rings. The predicted octanol–water partition coefficient (Wildman–Crippen LogP) is 2.27. The van der Waals surface area contributed by atoms with Gasteiger partial charge in [-0.2, -0.15) is 9.97 Å².